The van der Waals surface area contributed by atoms with E-state index < -0.39 is 0 Å². The van der Waals surface area contributed by atoms with Crippen molar-refractivity contribution < 1.29 is 9.59 Å². The van der Waals surface area contributed by atoms with Crippen LogP contribution in [0.15, 0.2) is 0 Å². The number of hydrogen-bond acceptors (Lipinski definition) is 3. The molecule has 0 aromatic rings. The standard InChI is InChI=1S/C20H35N3O2/c1-2-17-8-5-6-12-22(17)13-7-11-21-20(25)16-14-19(24)23(15-16)18-9-3-4-10-18/h16-18H,2-15H2,1H3,(H,21,25)/t16-,17-/m0/s1. The highest BCUT2D eigenvalue weighted by atomic mass is 16.2. The lowest BCUT2D eigenvalue weighted by Gasteiger charge is -2.35. The van der Waals surface area contributed by atoms with Gasteiger partial charge in [0.15, 0.2) is 0 Å². The van der Waals surface area contributed by atoms with E-state index in [2.05, 4.69) is 17.1 Å². The van der Waals surface area contributed by atoms with Crippen molar-refractivity contribution in [3.8, 4) is 0 Å². The Morgan fingerprint density at radius 1 is 1.16 bits per heavy atom. The minimum Gasteiger partial charge on any atom is -0.356 e. The van der Waals surface area contributed by atoms with E-state index >= 15 is 0 Å². The van der Waals surface area contributed by atoms with Crippen LogP contribution in [0.4, 0.5) is 0 Å². The number of carbonyl (C=O) groups excluding carboxylic acids is 2. The topological polar surface area (TPSA) is 52.7 Å². The van der Waals surface area contributed by atoms with Gasteiger partial charge in [-0.3, -0.25) is 9.59 Å². The molecule has 0 aromatic carbocycles. The van der Waals surface area contributed by atoms with Gasteiger partial charge in [-0.25, -0.2) is 0 Å². The first-order chi connectivity index (χ1) is 12.2. The minimum absolute atomic E-state index is 0.0829. The third kappa shape index (κ3) is 4.75. The molecule has 1 saturated carbocycles. The second-order valence-electron chi connectivity index (χ2n) is 8.12. The molecule has 142 valence electrons. The Morgan fingerprint density at radius 2 is 1.92 bits per heavy atom. The van der Waals surface area contributed by atoms with Crippen LogP contribution in [0.2, 0.25) is 0 Å². The summed E-state index contributed by atoms with van der Waals surface area (Å²) in [5.74, 6) is 0.136. The van der Waals surface area contributed by atoms with Crippen LogP contribution in [0.3, 0.4) is 0 Å². The minimum atomic E-state index is -0.133. The second-order valence-corrected chi connectivity index (χ2v) is 8.12. The average Bonchev–Trinajstić information content (AvgIpc) is 3.28. The fourth-order valence-corrected chi connectivity index (χ4v) is 4.93. The number of carbonyl (C=O) groups is 2. The van der Waals surface area contributed by atoms with Gasteiger partial charge in [0.25, 0.3) is 0 Å². The SMILES string of the molecule is CC[C@H]1CCCCN1CCCNC(=O)[C@H]1CC(=O)N(C2CCCC2)C1. The van der Waals surface area contributed by atoms with Crippen molar-refractivity contribution in [1.82, 2.24) is 15.1 Å². The molecule has 0 aromatic heterocycles. The first-order valence-electron chi connectivity index (χ1n) is 10.5. The molecule has 3 aliphatic rings. The number of piperidine rings is 1. The normalized spacial score (nSPS) is 28.7. The fourth-order valence-electron chi connectivity index (χ4n) is 4.93. The highest BCUT2D eigenvalue weighted by molar-refractivity contribution is 5.89. The average molecular weight is 350 g/mol. The molecule has 0 unspecified atom stereocenters. The molecule has 2 saturated heterocycles. The molecular weight excluding hydrogens is 314 g/mol. The van der Waals surface area contributed by atoms with E-state index in [0.717, 1.165) is 38.4 Å². The molecule has 5 heteroatoms. The van der Waals surface area contributed by atoms with Crippen LogP contribution in [0.1, 0.15) is 71.1 Å². The number of amides is 2. The summed E-state index contributed by atoms with van der Waals surface area (Å²) in [6.45, 7) is 5.94. The fraction of sp³-hybridized carbons (Fsp3) is 0.900. The van der Waals surface area contributed by atoms with Crippen molar-refractivity contribution in [2.24, 2.45) is 5.92 Å². The molecule has 3 fully saturated rings. The lowest BCUT2D eigenvalue weighted by Crippen LogP contribution is -2.41. The number of likely N-dealkylation sites (tertiary alicyclic amines) is 2. The van der Waals surface area contributed by atoms with Crippen LogP contribution in [-0.4, -0.2) is 59.9 Å². The highest BCUT2D eigenvalue weighted by Gasteiger charge is 2.38. The molecule has 1 aliphatic carbocycles. The third-order valence-electron chi connectivity index (χ3n) is 6.44. The first kappa shape index (κ1) is 18.7. The summed E-state index contributed by atoms with van der Waals surface area (Å²) in [6, 6.07) is 1.13. The molecule has 0 spiro atoms. The zero-order valence-electron chi connectivity index (χ0n) is 15.8. The van der Waals surface area contributed by atoms with Crippen molar-refractivity contribution >= 4 is 11.8 Å². The summed E-state index contributed by atoms with van der Waals surface area (Å²) in [6.07, 6.45) is 11.3. The van der Waals surface area contributed by atoms with Gasteiger partial charge in [0, 0.05) is 38.1 Å². The van der Waals surface area contributed by atoms with E-state index in [4.69, 9.17) is 0 Å². The quantitative estimate of drug-likeness (QED) is 0.719. The third-order valence-corrected chi connectivity index (χ3v) is 6.44. The van der Waals surface area contributed by atoms with Crippen LogP contribution in [-0.2, 0) is 9.59 Å². The van der Waals surface area contributed by atoms with Crippen LogP contribution in [0.25, 0.3) is 0 Å². The van der Waals surface area contributed by atoms with E-state index in [1.165, 1.54) is 45.1 Å². The van der Waals surface area contributed by atoms with Crippen molar-refractivity contribution in [1.29, 1.82) is 0 Å². The first-order valence-corrected chi connectivity index (χ1v) is 10.5. The van der Waals surface area contributed by atoms with Crippen LogP contribution < -0.4 is 5.32 Å². The molecular formula is C20H35N3O2. The Bertz CT molecular complexity index is 462. The van der Waals surface area contributed by atoms with E-state index in [-0.39, 0.29) is 17.7 Å². The van der Waals surface area contributed by atoms with Gasteiger partial charge < -0.3 is 15.1 Å². The summed E-state index contributed by atoms with van der Waals surface area (Å²) in [7, 11) is 0. The number of hydrogen-bond donors (Lipinski definition) is 1. The van der Waals surface area contributed by atoms with Gasteiger partial charge in [-0.1, -0.05) is 26.2 Å². The number of rotatable bonds is 7. The molecule has 2 heterocycles. The van der Waals surface area contributed by atoms with E-state index in [0.29, 0.717) is 19.0 Å². The molecule has 1 N–H and O–H groups in total. The van der Waals surface area contributed by atoms with Crippen LogP contribution >= 0.6 is 0 Å². The van der Waals surface area contributed by atoms with Crippen LogP contribution in [0, 0.1) is 5.92 Å². The molecule has 0 radical (unpaired) electrons. The van der Waals surface area contributed by atoms with Crippen molar-refractivity contribution in [2.45, 2.75) is 83.2 Å². The van der Waals surface area contributed by atoms with E-state index in [1.807, 2.05) is 4.90 Å². The predicted molar refractivity (Wildman–Crippen MR) is 99.2 cm³/mol. The molecule has 0 bridgehead atoms. The maximum Gasteiger partial charge on any atom is 0.225 e. The molecule has 5 nitrogen and oxygen atoms in total. The van der Waals surface area contributed by atoms with E-state index in [1.54, 1.807) is 0 Å². The van der Waals surface area contributed by atoms with Crippen molar-refractivity contribution in [3.05, 3.63) is 0 Å². The summed E-state index contributed by atoms with van der Waals surface area (Å²) >= 11 is 0. The van der Waals surface area contributed by atoms with Gasteiger partial charge in [-0.05, 0) is 45.1 Å². The summed E-state index contributed by atoms with van der Waals surface area (Å²) in [5.41, 5.74) is 0. The van der Waals surface area contributed by atoms with Gasteiger partial charge in [0.2, 0.25) is 11.8 Å². The Labute approximate surface area is 152 Å². The smallest absolute Gasteiger partial charge is 0.225 e. The van der Waals surface area contributed by atoms with Gasteiger partial charge in [0.05, 0.1) is 5.92 Å². The van der Waals surface area contributed by atoms with Crippen molar-refractivity contribution in [2.75, 3.05) is 26.2 Å². The Kier molecular flexibility index (Phi) is 6.74. The summed E-state index contributed by atoms with van der Waals surface area (Å²) < 4.78 is 0. The number of nitrogens with one attached hydrogen (secondary N) is 1. The molecule has 3 rings (SSSR count). The number of nitrogens with zero attached hydrogens (tertiary/aromatic N) is 2. The van der Waals surface area contributed by atoms with E-state index in [9.17, 15) is 9.59 Å². The lowest BCUT2D eigenvalue weighted by molar-refractivity contribution is -0.130. The maximum absolute atomic E-state index is 12.4. The Hall–Kier alpha value is -1.10. The molecule has 2 atom stereocenters. The lowest BCUT2D eigenvalue weighted by atomic mass is 10.00. The zero-order valence-corrected chi connectivity index (χ0v) is 15.8. The van der Waals surface area contributed by atoms with Gasteiger partial charge in [-0.2, -0.15) is 0 Å². The Balaban J connectivity index is 1.36. The second kappa shape index (κ2) is 9.02. The zero-order chi connectivity index (χ0) is 17.6. The van der Waals surface area contributed by atoms with Gasteiger partial charge in [-0.15, -0.1) is 0 Å². The van der Waals surface area contributed by atoms with Gasteiger partial charge in [0.1, 0.15) is 0 Å². The monoisotopic (exact) mass is 349 g/mol. The predicted octanol–water partition coefficient (Wildman–Crippen LogP) is 2.55. The molecule has 2 amide bonds. The largest absolute Gasteiger partial charge is 0.356 e. The Morgan fingerprint density at radius 3 is 2.68 bits per heavy atom. The van der Waals surface area contributed by atoms with Gasteiger partial charge >= 0.3 is 0 Å². The summed E-state index contributed by atoms with van der Waals surface area (Å²) in [5, 5.41) is 3.08. The molecule has 2 aliphatic heterocycles. The van der Waals surface area contributed by atoms with Crippen LogP contribution in [0.5, 0.6) is 0 Å². The van der Waals surface area contributed by atoms with Crippen molar-refractivity contribution in [3.63, 3.8) is 0 Å². The maximum atomic E-state index is 12.4. The molecule has 25 heavy (non-hydrogen) atoms. The summed E-state index contributed by atoms with van der Waals surface area (Å²) in [4.78, 5) is 29.2. The highest BCUT2D eigenvalue weighted by Crippen LogP contribution is 2.29.